The van der Waals surface area contributed by atoms with Crippen LogP contribution in [0.25, 0.3) is 10.2 Å². The average Bonchev–Trinajstić information content (AvgIpc) is 2.57. The zero-order valence-corrected chi connectivity index (χ0v) is 12.8. The monoisotopic (exact) mass is 263 g/mol. The summed E-state index contributed by atoms with van der Waals surface area (Å²) in [5, 5.41) is 1.17. The van der Waals surface area contributed by atoms with E-state index < -0.39 is 0 Å². The lowest BCUT2D eigenvalue weighted by atomic mass is 9.98. The Balaban J connectivity index is 2.40. The molecule has 0 aliphatic heterocycles. The molecule has 0 saturated carbocycles. The van der Waals surface area contributed by atoms with E-state index in [9.17, 15) is 0 Å². The quantitative estimate of drug-likeness (QED) is 0.739. The molecule has 1 aromatic heterocycles. The van der Waals surface area contributed by atoms with Gasteiger partial charge in [0.25, 0.3) is 0 Å². The Hall–Kier alpha value is -1.09. The van der Waals surface area contributed by atoms with Crippen LogP contribution in [0.15, 0.2) is 18.2 Å². The van der Waals surface area contributed by atoms with Gasteiger partial charge in [0.15, 0.2) is 0 Å². The Morgan fingerprint density at radius 3 is 2.28 bits per heavy atom. The number of fused-ring (bicyclic) bond motifs is 1. The summed E-state index contributed by atoms with van der Waals surface area (Å²) in [6.45, 7) is 12.8. The highest BCUT2D eigenvalue weighted by atomic mass is 32.1. The fourth-order valence-electron chi connectivity index (χ4n) is 1.64. The molecule has 0 atom stereocenters. The third-order valence-corrected chi connectivity index (χ3v) is 3.87. The molecule has 0 bridgehead atoms. The van der Waals surface area contributed by atoms with E-state index in [-0.39, 0.29) is 11.0 Å². The number of hydrogen-bond donors (Lipinski definition) is 0. The van der Waals surface area contributed by atoms with Gasteiger partial charge in [0, 0.05) is 5.41 Å². The molecule has 0 unspecified atom stereocenters. The second-order valence-electron chi connectivity index (χ2n) is 6.61. The van der Waals surface area contributed by atoms with Crippen LogP contribution in [0.4, 0.5) is 0 Å². The van der Waals surface area contributed by atoms with Crippen molar-refractivity contribution in [3.8, 4) is 5.75 Å². The lowest BCUT2D eigenvalue weighted by Gasteiger charge is -2.21. The predicted octanol–water partition coefficient (Wildman–Crippen LogP) is 4.77. The summed E-state index contributed by atoms with van der Waals surface area (Å²) in [7, 11) is 0. The molecular formula is C15H21NOS. The Kier molecular flexibility index (Phi) is 3.14. The van der Waals surface area contributed by atoms with Crippen LogP contribution in [0.3, 0.4) is 0 Å². The summed E-state index contributed by atoms with van der Waals surface area (Å²) < 4.78 is 7.08. The summed E-state index contributed by atoms with van der Waals surface area (Å²) in [6.07, 6.45) is 0. The topological polar surface area (TPSA) is 22.1 Å². The highest BCUT2D eigenvalue weighted by molar-refractivity contribution is 7.18. The van der Waals surface area contributed by atoms with Gasteiger partial charge in [0.05, 0.1) is 15.2 Å². The zero-order valence-electron chi connectivity index (χ0n) is 12.0. The van der Waals surface area contributed by atoms with E-state index in [1.54, 1.807) is 11.3 Å². The maximum absolute atomic E-state index is 5.88. The predicted molar refractivity (Wildman–Crippen MR) is 78.7 cm³/mol. The molecule has 0 aliphatic rings. The van der Waals surface area contributed by atoms with Crippen molar-refractivity contribution in [2.75, 3.05) is 0 Å². The summed E-state index contributed by atoms with van der Waals surface area (Å²) in [5.74, 6) is 0.916. The molecular weight excluding hydrogens is 242 g/mol. The van der Waals surface area contributed by atoms with Gasteiger partial charge in [-0.25, -0.2) is 4.98 Å². The van der Waals surface area contributed by atoms with E-state index >= 15 is 0 Å². The summed E-state index contributed by atoms with van der Waals surface area (Å²) in [4.78, 5) is 4.68. The number of hydrogen-bond acceptors (Lipinski definition) is 3. The average molecular weight is 263 g/mol. The minimum absolute atomic E-state index is 0.106. The van der Waals surface area contributed by atoms with Gasteiger partial charge < -0.3 is 4.74 Å². The first-order chi connectivity index (χ1) is 8.15. The molecule has 2 nitrogen and oxygen atoms in total. The molecule has 0 saturated heterocycles. The number of nitrogens with zero attached hydrogens (tertiary/aromatic N) is 1. The number of aromatic nitrogens is 1. The molecule has 0 spiro atoms. The van der Waals surface area contributed by atoms with Crippen molar-refractivity contribution in [2.45, 2.75) is 52.6 Å². The molecule has 98 valence electrons. The molecule has 1 aromatic carbocycles. The van der Waals surface area contributed by atoms with E-state index in [1.165, 1.54) is 9.71 Å². The number of ether oxygens (including phenoxy) is 1. The van der Waals surface area contributed by atoms with E-state index in [0.717, 1.165) is 11.3 Å². The fraction of sp³-hybridized carbons (Fsp3) is 0.533. The van der Waals surface area contributed by atoms with Crippen LogP contribution in [-0.4, -0.2) is 10.6 Å². The molecule has 2 aromatic rings. The van der Waals surface area contributed by atoms with Crippen LogP contribution in [0.5, 0.6) is 5.75 Å². The number of benzene rings is 1. The van der Waals surface area contributed by atoms with Crippen molar-refractivity contribution < 1.29 is 4.74 Å². The van der Waals surface area contributed by atoms with Crippen molar-refractivity contribution in [2.24, 2.45) is 0 Å². The molecule has 0 amide bonds. The fourth-order valence-corrected chi connectivity index (χ4v) is 2.69. The van der Waals surface area contributed by atoms with E-state index in [1.807, 2.05) is 12.1 Å². The first kappa shape index (κ1) is 13.3. The van der Waals surface area contributed by atoms with Crippen molar-refractivity contribution in [1.29, 1.82) is 0 Å². The van der Waals surface area contributed by atoms with Gasteiger partial charge in [-0.3, -0.25) is 0 Å². The van der Waals surface area contributed by atoms with Gasteiger partial charge in [0.2, 0.25) is 0 Å². The summed E-state index contributed by atoms with van der Waals surface area (Å²) in [6, 6.07) is 6.13. The summed E-state index contributed by atoms with van der Waals surface area (Å²) >= 11 is 1.75. The van der Waals surface area contributed by atoms with Gasteiger partial charge in [-0.2, -0.15) is 0 Å². The van der Waals surface area contributed by atoms with Gasteiger partial charge in [-0.05, 0) is 39.0 Å². The first-order valence-corrected chi connectivity index (χ1v) is 7.07. The highest BCUT2D eigenvalue weighted by Crippen LogP contribution is 2.33. The Morgan fingerprint density at radius 1 is 1.06 bits per heavy atom. The van der Waals surface area contributed by atoms with E-state index in [0.29, 0.717) is 0 Å². The van der Waals surface area contributed by atoms with E-state index in [4.69, 9.17) is 4.74 Å². The van der Waals surface area contributed by atoms with Crippen LogP contribution >= 0.6 is 11.3 Å². The van der Waals surface area contributed by atoms with Crippen LogP contribution in [0, 0.1) is 0 Å². The number of thiazole rings is 1. The Labute approximate surface area is 113 Å². The minimum atomic E-state index is -0.161. The van der Waals surface area contributed by atoms with Gasteiger partial charge in [-0.15, -0.1) is 11.3 Å². The third-order valence-electron chi connectivity index (χ3n) is 2.43. The lowest BCUT2D eigenvalue weighted by molar-refractivity contribution is 0.131. The Bertz CT molecular complexity index is 558. The number of rotatable bonds is 1. The normalized spacial score (nSPS) is 13.0. The molecule has 0 fully saturated rings. The van der Waals surface area contributed by atoms with Crippen molar-refractivity contribution >= 4 is 21.6 Å². The summed E-state index contributed by atoms with van der Waals surface area (Å²) in [5.41, 5.74) is 1.01. The SMILES string of the molecule is CC(C)(C)Oc1ccc2nc(C(C)(C)C)sc2c1. The van der Waals surface area contributed by atoms with Crippen molar-refractivity contribution in [3.05, 3.63) is 23.2 Å². The molecule has 0 radical (unpaired) electrons. The maximum atomic E-state index is 5.88. The smallest absolute Gasteiger partial charge is 0.121 e. The molecule has 3 heteroatoms. The second-order valence-corrected chi connectivity index (χ2v) is 7.64. The van der Waals surface area contributed by atoms with Gasteiger partial charge >= 0.3 is 0 Å². The zero-order chi connectivity index (χ0) is 13.6. The molecule has 0 N–H and O–H groups in total. The molecule has 0 aliphatic carbocycles. The molecule has 18 heavy (non-hydrogen) atoms. The van der Waals surface area contributed by atoms with Crippen LogP contribution < -0.4 is 4.74 Å². The molecule has 2 rings (SSSR count). The lowest BCUT2D eigenvalue weighted by Crippen LogP contribution is -2.22. The maximum Gasteiger partial charge on any atom is 0.121 e. The van der Waals surface area contributed by atoms with Gasteiger partial charge in [0.1, 0.15) is 11.4 Å². The van der Waals surface area contributed by atoms with Gasteiger partial charge in [-0.1, -0.05) is 20.8 Å². The van der Waals surface area contributed by atoms with E-state index in [2.05, 4.69) is 52.6 Å². The highest BCUT2D eigenvalue weighted by Gasteiger charge is 2.19. The standard InChI is InChI=1S/C15H21NOS/c1-14(2,3)13-16-11-8-7-10(9-12(11)18-13)17-15(4,5)6/h7-9H,1-6H3. The second kappa shape index (κ2) is 4.23. The van der Waals surface area contributed by atoms with Crippen molar-refractivity contribution in [1.82, 2.24) is 4.98 Å². The Morgan fingerprint density at radius 2 is 1.72 bits per heavy atom. The van der Waals surface area contributed by atoms with Crippen LogP contribution in [0.1, 0.15) is 46.6 Å². The molecule has 1 heterocycles. The van der Waals surface area contributed by atoms with Crippen molar-refractivity contribution in [3.63, 3.8) is 0 Å². The van der Waals surface area contributed by atoms with Crippen LogP contribution in [0.2, 0.25) is 0 Å². The largest absolute Gasteiger partial charge is 0.488 e. The third kappa shape index (κ3) is 3.02. The van der Waals surface area contributed by atoms with Crippen LogP contribution in [-0.2, 0) is 5.41 Å². The first-order valence-electron chi connectivity index (χ1n) is 6.25. The minimum Gasteiger partial charge on any atom is -0.488 e.